The Morgan fingerprint density at radius 1 is 1.40 bits per heavy atom. The third kappa shape index (κ3) is 3.03. The van der Waals surface area contributed by atoms with Gasteiger partial charge in [0.25, 0.3) is 0 Å². The van der Waals surface area contributed by atoms with E-state index in [1.54, 1.807) is 0 Å². The smallest absolute Gasteiger partial charge is 0.106 e. The summed E-state index contributed by atoms with van der Waals surface area (Å²) in [6, 6.07) is 1.32. The van der Waals surface area contributed by atoms with Gasteiger partial charge >= 0.3 is 0 Å². The highest BCUT2D eigenvalue weighted by Gasteiger charge is 2.43. The third-order valence-corrected chi connectivity index (χ3v) is 5.44. The third-order valence-electron chi connectivity index (χ3n) is 5.44. The Hall–Kier alpha value is -0.160. The SMILES string of the molecule is COC1(CN2CC(C3CC3)NCC2C(C)C)CCOC1. The van der Waals surface area contributed by atoms with Crippen LogP contribution in [0.3, 0.4) is 0 Å². The van der Waals surface area contributed by atoms with E-state index in [1.807, 2.05) is 7.11 Å². The molecular weight excluding hydrogens is 252 g/mol. The van der Waals surface area contributed by atoms with Crippen LogP contribution in [0.1, 0.15) is 33.1 Å². The van der Waals surface area contributed by atoms with Gasteiger partial charge in [0, 0.05) is 51.9 Å². The number of nitrogens with one attached hydrogen (secondary N) is 1. The molecule has 116 valence electrons. The molecule has 0 radical (unpaired) electrons. The van der Waals surface area contributed by atoms with Gasteiger partial charge in [0.15, 0.2) is 0 Å². The molecule has 2 saturated heterocycles. The second-order valence-corrected chi connectivity index (χ2v) is 7.28. The van der Waals surface area contributed by atoms with Crippen molar-refractivity contribution in [3.63, 3.8) is 0 Å². The maximum absolute atomic E-state index is 5.85. The second-order valence-electron chi connectivity index (χ2n) is 7.28. The minimum Gasteiger partial charge on any atom is -0.378 e. The average molecular weight is 282 g/mol. The molecule has 3 rings (SSSR count). The van der Waals surface area contributed by atoms with Crippen molar-refractivity contribution in [2.45, 2.75) is 50.8 Å². The van der Waals surface area contributed by atoms with Crippen molar-refractivity contribution >= 4 is 0 Å². The minimum atomic E-state index is -0.0709. The Morgan fingerprint density at radius 2 is 2.20 bits per heavy atom. The molecule has 0 bridgehead atoms. The Labute approximate surface area is 123 Å². The topological polar surface area (TPSA) is 33.7 Å². The van der Waals surface area contributed by atoms with Crippen molar-refractivity contribution in [1.29, 1.82) is 0 Å². The molecule has 0 aromatic heterocycles. The van der Waals surface area contributed by atoms with Gasteiger partial charge in [0.05, 0.1) is 6.61 Å². The van der Waals surface area contributed by atoms with E-state index in [9.17, 15) is 0 Å². The summed E-state index contributed by atoms with van der Waals surface area (Å²) >= 11 is 0. The first-order chi connectivity index (χ1) is 9.63. The lowest BCUT2D eigenvalue weighted by molar-refractivity contribution is -0.0604. The second kappa shape index (κ2) is 5.91. The normalized spacial score (nSPS) is 39.6. The van der Waals surface area contributed by atoms with Gasteiger partial charge in [-0.1, -0.05) is 13.8 Å². The van der Waals surface area contributed by atoms with Gasteiger partial charge in [-0.15, -0.1) is 0 Å². The molecule has 0 amide bonds. The average Bonchev–Trinajstić information content (AvgIpc) is 3.19. The summed E-state index contributed by atoms with van der Waals surface area (Å²) in [7, 11) is 1.85. The highest BCUT2D eigenvalue weighted by molar-refractivity contribution is 4.98. The molecule has 0 aromatic carbocycles. The molecule has 0 spiro atoms. The van der Waals surface area contributed by atoms with Gasteiger partial charge < -0.3 is 14.8 Å². The number of rotatable bonds is 5. The predicted molar refractivity (Wildman–Crippen MR) is 79.9 cm³/mol. The summed E-state index contributed by atoms with van der Waals surface area (Å²) in [6.07, 6.45) is 3.86. The van der Waals surface area contributed by atoms with Gasteiger partial charge in [0.2, 0.25) is 0 Å². The largest absolute Gasteiger partial charge is 0.378 e. The van der Waals surface area contributed by atoms with Crippen molar-refractivity contribution in [2.75, 3.05) is 40.0 Å². The molecule has 2 aliphatic heterocycles. The summed E-state index contributed by atoms with van der Waals surface area (Å²) in [4.78, 5) is 2.68. The van der Waals surface area contributed by atoms with E-state index < -0.39 is 0 Å². The molecule has 3 aliphatic rings. The quantitative estimate of drug-likeness (QED) is 0.828. The minimum absolute atomic E-state index is 0.0709. The molecule has 3 fully saturated rings. The number of methoxy groups -OCH3 is 1. The highest BCUT2D eigenvalue weighted by atomic mass is 16.5. The molecule has 2 heterocycles. The fourth-order valence-electron chi connectivity index (χ4n) is 3.82. The molecule has 20 heavy (non-hydrogen) atoms. The van der Waals surface area contributed by atoms with Crippen molar-refractivity contribution in [2.24, 2.45) is 11.8 Å². The summed E-state index contributed by atoms with van der Waals surface area (Å²) < 4.78 is 11.5. The van der Waals surface area contributed by atoms with Crippen LogP contribution < -0.4 is 5.32 Å². The van der Waals surface area contributed by atoms with Crippen LogP contribution in [0.4, 0.5) is 0 Å². The summed E-state index contributed by atoms with van der Waals surface area (Å²) in [5.41, 5.74) is -0.0709. The van der Waals surface area contributed by atoms with Crippen molar-refractivity contribution in [3.05, 3.63) is 0 Å². The van der Waals surface area contributed by atoms with E-state index in [2.05, 4.69) is 24.1 Å². The Bertz CT molecular complexity index is 324. The fourth-order valence-corrected chi connectivity index (χ4v) is 3.82. The Morgan fingerprint density at radius 3 is 2.75 bits per heavy atom. The molecule has 3 atom stereocenters. The molecule has 4 nitrogen and oxygen atoms in total. The van der Waals surface area contributed by atoms with Crippen molar-refractivity contribution in [3.8, 4) is 0 Å². The van der Waals surface area contributed by atoms with Gasteiger partial charge in [-0.05, 0) is 24.7 Å². The maximum atomic E-state index is 5.85. The first kappa shape index (κ1) is 14.8. The van der Waals surface area contributed by atoms with Crippen LogP contribution in [0.5, 0.6) is 0 Å². The number of nitrogens with zero attached hydrogens (tertiary/aromatic N) is 1. The molecule has 1 aliphatic carbocycles. The number of hydrogen-bond acceptors (Lipinski definition) is 4. The van der Waals surface area contributed by atoms with Gasteiger partial charge in [0.1, 0.15) is 5.60 Å². The van der Waals surface area contributed by atoms with Crippen LogP contribution in [-0.4, -0.2) is 62.5 Å². The van der Waals surface area contributed by atoms with E-state index in [0.29, 0.717) is 18.0 Å². The van der Waals surface area contributed by atoms with Crippen LogP contribution in [0.25, 0.3) is 0 Å². The summed E-state index contributed by atoms with van der Waals surface area (Å²) in [5, 5.41) is 3.78. The van der Waals surface area contributed by atoms with E-state index in [-0.39, 0.29) is 5.60 Å². The Balaban J connectivity index is 1.68. The van der Waals surface area contributed by atoms with Crippen molar-refractivity contribution in [1.82, 2.24) is 10.2 Å². The maximum Gasteiger partial charge on any atom is 0.106 e. The van der Waals surface area contributed by atoms with E-state index in [4.69, 9.17) is 9.47 Å². The van der Waals surface area contributed by atoms with E-state index in [0.717, 1.165) is 38.6 Å². The fraction of sp³-hybridized carbons (Fsp3) is 1.00. The van der Waals surface area contributed by atoms with Gasteiger partial charge in [-0.3, -0.25) is 4.90 Å². The van der Waals surface area contributed by atoms with Crippen LogP contribution in [0, 0.1) is 11.8 Å². The molecule has 3 unspecified atom stereocenters. The summed E-state index contributed by atoms with van der Waals surface area (Å²) in [6.45, 7) is 9.60. The lowest BCUT2D eigenvalue weighted by atomic mass is 9.93. The zero-order valence-electron chi connectivity index (χ0n) is 13.2. The van der Waals surface area contributed by atoms with Gasteiger partial charge in [-0.25, -0.2) is 0 Å². The molecule has 4 heteroatoms. The molecule has 1 saturated carbocycles. The van der Waals surface area contributed by atoms with Crippen LogP contribution >= 0.6 is 0 Å². The molecule has 1 N–H and O–H groups in total. The monoisotopic (exact) mass is 282 g/mol. The number of hydrogen-bond donors (Lipinski definition) is 1. The van der Waals surface area contributed by atoms with Crippen LogP contribution in [0.15, 0.2) is 0 Å². The first-order valence-electron chi connectivity index (χ1n) is 8.24. The predicted octanol–water partition coefficient (Wildman–Crippen LogP) is 1.50. The lowest BCUT2D eigenvalue weighted by Gasteiger charge is -2.45. The summed E-state index contributed by atoms with van der Waals surface area (Å²) in [5.74, 6) is 1.60. The Kier molecular flexibility index (Phi) is 4.37. The van der Waals surface area contributed by atoms with Crippen molar-refractivity contribution < 1.29 is 9.47 Å². The molecular formula is C16H30N2O2. The zero-order chi connectivity index (χ0) is 14.2. The number of ether oxygens (including phenoxy) is 2. The van der Waals surface area contributed by atoms with Gasteiger partial charge in [-0.2, -0.15) is 0 Å². The van der Waals surface area contributed by atoms with E-state index >= 15 is 0 Å². The standard InChI is InChI=1S/C16H30N2O2/c1-12(2)15-8-17-14(13-4-5-13)9-18(15)10-16(19-3)6-7-20-11-16/h12-15,17H,4-11H2,1-3H3. The zero-order valence-corrected chi connectivity index (χ0v) is 13.2. The van der Waals surface area contributed by atoms with Crippen LogP contribution in [-0.2, 0) is 9.47 Å². The lowest BCUT2D eigenvalue weighted by Crippen LogP contribution is -2.62. The number of piperazine rings is 1. The first-order valence-corrected chi connectivity index (χ1v) is 8.24. The molecule has 0 aromatic rings. The van der Waals surface area contributed by atoms with Crippen LogP contribution in [0.2, 0.25) is 0 Å². The van der Waals surface area contributed by atoms with E-state index in [1.165, 1.54) is 19.4 Å². The highest BCUT2D eigenvalue weighted by Crippen LogP contribution is 2.35.